The van der Waals surface area contributed by atoms with Crippen molar-refractivity contribution in [2.24, 2.45) is 0 Å². The fourth-order valence-corrected chi connectivity index (χ4v) is 2.99. The molecule has 0 aliphatic carbocycles. The van der Waals surface area contributed by atoms with E-state index in [4.69, 9.17) is 4.74 Å². The third-order valence-electron chi connectivity index (χ3n) is 4.53. The van der Waals surface area contributed by atoms with Crippen LogP contribution in [0, 0.1) is 0 Å². The number of methoxy groups -OCH3 is 1. The van der Waals surface area contributed by atoms with Crippen molar-refractivity contribution in [3.8, 4) is 28.3 Å². The van der Waals surface area contributed by atoms with Crippen molar-refractivity contribution in [3.63, 3.8) is 0 Å². The van der Waals surface area contributed by atoms with E-state index in [1.807, 2.05) is 30.3 Å². The average molecular weight is 363 g/mol. The maximum absolute atomic E-state index is 12.6. The summed E-state index contributed by atoms with van der Waals surface area (Å²) in [4.78, 5) is 17.3. The van der Waals surface area contributed by atoms with Crippen LogP contribution >= 0.6 is 0 Å². The van der Waals surface area contributed by atoms with Gasteiger partial charge >= 0.3 is 0 Å². The number of H-pyrrole nitrogens is 2. The summed E-state index contributed by atoms with van der Waals surface area (Å²) in [6.07, 6.45) is 1.68. The molecule has 4 rings (SSSR count). The van der Waals surface area contributed by atoms with Gasteiger partial charge in [0, 0.05) is 34.4 Å². The Kier molecular flexibility index (Phi) is 3.87. The van der Waals surface area contributed by atoms with Crippen LogP contribution in [0.1, 0.15) is 26.5 Å². The number of ether oxygens (including phenoxy) is 1. The molecule has 0 saturated carbocycles. The lowest BCUT2D eigenvalue weighted by Crippen LogP contribution is -2.17. The first-order valence-corrected chi connectivity index (χ1v) is 8.68. The predicted molar refractivity (Wildman–Crippen MR) is 104 cm³/mol. The van der Waals surface area contributed by atoms with Gasteiger partial charge in [-0.1, -0.05) is 32.9 Å². The van der Waals surface area contributed by atoms with Gasteiger partial charge in [0.25, 0.3) is 5.56 Å². The van der Waals surface area contributed by atoms with Gasteiger partial charge in [0.15, 0.2) is 5.65 Å². The number of hydrogen-bond donors (Lipinski definition) is 2. The lowest BCUT2D eigenvalue weighted by molar-refractivity contribution is 0.415. The first kappa shape index (κ1) is 17.1. The predicted octanol–water partition coefficient (Wildman–Crippen LogP) is 3.39. The molecular weight excluding hydrogens is 342 g/mol. The fraction of sp³-hybridized carbons (Fsp3) is 0.250. The van der Waals surface area contributed by atoms with Crippen LogP contribution in [0.3, 0.4) is 0 Å². The van der Waals surface area contributed by atoms with E-state index in [2.05, 4.69) is 41.1 Å². The van der Waals surface area contributed by atoms with Gasteiger partial charge in [-0.25, -0.2) is 9.50 Å². The fourth-order valence-electron chi connectivity index (χ4n) is 2.99. The Morgan fingerprint density at radius 3 is 2.70 bits per heavy atom. The minimum Gasteiger partial charge on any atom is -0.497 e. The number of benzene rings is 1. The van der Waals surface area contributed by atoms with Crippen molar-refractivity contribution in [3.05, 3.63) is 58.6 Å². The molecule has 27 heavy (non-hydrogen) atoms. The molecule has 7 nitrogen and oxygen atoms in total. The molecule has 0 spiro atoms. The topological polar surface area (TPSA) is 88.1 Å². The first-order valence-electron chi connectivity index (χ1n) is 8.68. The van der Waals surface area contributed by atoms with E-state index in [1.54, 1.807) is 13.3 Å². The van der Waals surface area contributed by atoms with E-state index < -0.39 is 0 Å². The summed E-state index contributed by atoms with van der Waals surface area (Å²) in [6.45, 7) is 6.25. The van der Waals surface area contributed by atoms with Crippen molar-refractivity contribution < 1.29 is 4.74 Å². The molecule has 0 saturated heterocycles. The molecule has 0 atom stereocenters. The molecule has 0 amide bonds. The quantitative estimate of drug-likeness (QED) is 0.584. The van der Waals surface area contributed by atoms with E-state index in [9.17, 15) is 4.79 Å². The van der Waals surface area contributed by atoms with E-state index in [-0.39, 0.29) is 11.0 Å². The number of rotatable bonds is 3. The van der Waals surface area contributed by atoms with Gasteiger partial charge in [-0.3, -0.25) is 15.0 Å². The summed E-state index contributed by atoms with van der Waals surface area (Å²) in [7, 11) is 1.63. The largest absolute Gasteiger partial charge is 0.497 e. The molecule has 0 unspecified atom stereocenters. The molecule has 1 aromatic carbocycles. The maximum Gasteiger partial charge on any atom is 0.273 e. The van der Waals surface area contributed by atoms with Crippen LogP contribution in [-0.4, -0.2) is 31.9 Å². The minimum absolute atomic E-state index is 0.109. The van der Waals surface area contributed by atoms with Crippen molar-refractivity contribution in [2.45, 2.75) is 26.2 Å². The second-order valence-corrected chi connectivity index (χ2v) is 7.48. The highest BCUT2D eigenvalue weighted by Crippen LogP contribution is 2.31. The van der Waals surface area contributed by atoms with Crippen LogP contribution in [0.25, 0.3) is 28.2 Å². The molecule has 138 valence electrons. The smallest absolute Gasteiger partial charge is 0.273 e. The molecule has 0 fully saturated rings. The van der Waals surface area contributed by atoms with Crippen molar-refractivity contribution >= 4 is 5.65 Å². The minimum atomic E-state index is -0.164. The number of nitrogens with one attached hydrogen (secondary N) is 2. The van der Waals surface area contributed by atoms with Gasteiger partial charge in [-0.2, -0.15) is 5.10 Å². The Hall–Kier alpha value is -3.35. The first-order chi connectivity index (χ1) is 12.9. The van der Waals surface area contributed by atoms with E-state index in [0.29, 0.717) is 11.3 Å². The van der Waals surface area contributed by atoms with Gasteiger partial charge in [0.05, 0.1) is 24.7 Å². The molecule has 4 aromatic rings. The molecule has 0 radical (unpaired) electrons. The summed E-state index contributed by atoms with van der Waals surface area (Å²) in [5, 5.41) is 10.3. The van der Waals surface area contributed by atoms with E-state index >= 15 is 0 Å². The number of fused-ring (bicyclic) bond motifs is 1. The third-order valence-corrected chi connectivity index (χ3v) is 4.53. The molecule has 7 heteroatoms. The highest BCUT2D eigenvalue weighted by molar-refractivity contribution is 5.79. The summed E-state index contributed by atoms with van der Waals surface area (Å²) >= 11 is 0. The highest BCUT2D eigenvalue weighted by atomic mass is 16.5. The Morgan fingerprint density at radius 1 is 1.15 bits per heavy atom. The summed E-state index contributed by atoms with van der Waals surface area (Å²) < 4.78 is 6.77. The third kappa shape index (κ3) is 3.01. The average Bonchev–Trinajstić information content (AvgIpc) is 3.28. The van der Waals surface area contributed by atoms with Gasteiger partial charge < -0.3 is 4.74 Å². The SMILES string of the molecule is COc1cccc(-c2[nH]ncc2-c2cc(=O)n3[nH]c(C(C)(C)C)cc3n2)c1. The monoisotopic (exact) mass is 363 g/mol. The van der Waals surface area contributed by atoms with E-state index in [0.717, 1.165) is 28.3 Å². The van der Waals surface area contributed by atoms with Gasteiger partial charge in [-0.15, -0.1) is 0 Å². The molecule has 0 aliphatic rings. The van der Waals surface area contributed by atoms with Crippen LogP contribution in [0.4, 0.5) is 0 Å². The van der Waals surface area contributed by atoms with Gasteiger partial charge in [0.1, 0.15) is 5.75 Å². The van der Waals surface area contributed by atoms with Gasteiger partial charge in [-0.05, 0) is 12.1 Å². The normalized spacial score (nSPS) is 11.9. The lowest BCUT2D eigenvalue weighted by Gasteiger charge is -2.14. The van der Waals surface area contributed by atoms with Crippen LogP contribution in [-0.2, 0) is 5.41 Å². The van der Waals surface area contributed by atoms with Gasteiger partial charge in [0.2, 0.25) is 0 Å². The molecule has 2 N–H and O–H groups in total. The molecule has 0 aliphatic heterocycles. The lowest BCUT2D eigenvalue weighted by atomic mass is 9.93. The second-order valence-electron chi connectivity index (χ2n) is 7.48. The Bertz CT molecular complexity index is 1180. The van der Waals surface area contributed by atoms with E-state index in [1.165, 1.54) is 10.6 Å². The molecular formula is C20H21N5O2. The Balaban J connectivity index is 1.86. The summed E-state index contributed by atoms with van der Waals surface area (Å²) in [5.74, 6) is 0.747. The Morgan fingerprint density at radius 2 is 1.96 bits per heavy atom. The Labute approximate surface area is 156 Å². The standard InChI is InChI=1S/C20H21N5O2/c1-20(2,3)16-10-17-22-15(9-18(26)25(17)24-16)14-11-21-23-19(14)12-6-5-7-13(8-12)27-4/h5-11,24H,1-4H3,(H,21,23). The number of hydrogen-bond acceptors (Lipinski definition) is 4. The number of nitrogens with zero attached hydrogens (tertiary/aromatic N) is 3. The van der Waals surface area contributed by atoms with Crippen LogP contribution in [0.5, 0.6) is 5.75 Å². The number of aromatic amines is 2. The summed E-state index contributed by atoms with van der Waals surface area (Å²) in [6, 6.07) is 11.1. The zero-order chi connectivity index (χ0) is 19.2. The van der Waals surface area contributed by atoms with Crippen molar-refractivity contribution in [1.29, 1.82) is 0 Å². The summed E-state index contributed by atoms with van der Waals surface area (Å²) in [5.41, 5.74) is 4.30. The molecule has 3 aromatic heterocycles. The second kappa shape index (κ2) is 6.12. The zero-order valence-electron chi connectivity index (χ0n) is 15.7. The van der Waals surface area contributed by atoms with Crippen LogP contribution in [0.15, 0.2) is 47.4 Å². The zero-order valence-corrected chi connectivity index (χ0v) is 15.7. The molecule has 0 bridgehead atoms. The number of aromatic nitrogens is 5. The van der Waals surface area contributed by atoms with Crippen LogP contribution < -0.4 is 10.3 Å². The molecule has 3 heterocycles. The van der Waals surface area contributed by atoms with Crippen molar-refractivity contribution in [1.82, 2.24) is 24.8 Å². The van der Waals surface area contributed by atoms with Crippen molar-refractivity contribution in [2.75, 3.05) is 7.11 Å². The van der Waals surface area contributed by atoms with Crippen LogP contribution in [0.2, 0.25) is 0 Å². The maximum atomic E-state index is 12.6. The highest BCUT2D eigenvalue weighted by Gasteiger charge is 2.19.